The number of carbonyl (C=O) groups is 1. The van der Waals surface area contributed by atoms with Gasteiger partial charge in [-0.3, -0.25) is 4.79 Å². The van der Waals surface area contributed by atoms with Crippen LogP contribution in [0.4, 0.5) is 0 Å². The van der Waals surface area contributed by atoms with Crippen molar-refractivity contribution in [2.24, 2.45) is 5.41 Å². The smallest absolute Gasteiger partial charge is 0.229 e. The molecule has 5 heteroatoms. The van der Waals surface area contributed by atoms with Gasteiger partial charge in [0.1, 0.15) is 0 Å². The fourth-order valence-electron chi connectivity index (χ4n) is 3.71. The van der Waals surface area contributed by atoms with Crippen LogP contribution in [0, 0.1) is 16.7 Å². The van der Waals surface area contributed by atoms with Crippen LogP contribution in [0.25, 0.3) is 0 Å². The summed E-state index contributed by atoms with van der Waals surface area (Å²) >= 11 is 0. The maximum Gasteiger partial charge on any atom is 0.229 e. The second kappa shape index (κ2) is 6.05. The minimum Gasteiger partial charge on any atom is -0.345 e. The molecule has 0 bridgehead atoms. The normalized spacial score (nSPS) is 23.7. The standard InChI is InChI=1S/C16H19N3O.ClH/c1-19-11-14(13-4-2-12(10-17)3-5-13)16(15(19)20)6-8-18-9-7-16;/h2-5,14,18H,6-9,11H2,1H3;1H. The zero-order chi connectivity index (χ0) is 14.2. The van der Waals surface area contributed by atoms with Gasteiger partial charge in [-0.25, -0.2) is 0 Å². The van der Waals surface area contributed by atoms with E-state index in [9.17, 15) is 4.79 Å². The van der Waals surface area contributed by atoms with Crippen LogP contribution in [0.2, 0.25) is 0 Å². The van der Waals surface area contributed by atoms with E-state index in [0.29, 0.717) is 5.56 Å². The summed E-state index contributed by atoms with van der Waals surface area (Å²) in [5, 5.41) is 12.2. The molecule has 1 atom stereocenters. The summed E-state index contributed by atoms with van der Waals surface area (Å²) in [4.78, 5) is 14.5. The third kappa shape index (κ3) is 2.52. The number of carbonyl (C=O) groups excluding carboxylic acids is 1. The molecule has 112 valence electrons. The molecule has 0 aromatic heterocycles. The molecule has 1 amide bonds. The summed E-state index contributed by atoms with van der Waals surface area (Å²) in [6.45, 7) is 2.60. The molecular formula is C16H20ClN3O. The summed E-state index contributed by atoms with van der Waals surface area (Å²) in [6.07, 6.45) is 1.81. The molecule has 2 fully saturated rings. The highest BCUT2D eigenvalue weighted by atomic mass is 35.5. The molecule has 4 nitrogen and oxygen atoms in total. The first-order valence-corrected chi connectivity index (χ1v) is 7.14. The maximum absolute atomic E-state index is 12.6. The van der Waals surface area contributed by atoms with Gasteiger partial charge in [-0.2, -0.15) is 5.26 Å². The molecule has 2 heterocycles. The number of likely N-dealkylation sites (N-methyl/N-ethyl adjacent to an activating group) is 1. The molecule has 0 aliphatic carbocycles. The van der Waals surface area contributed by atoms with Gasteiger partial charge in [0.05, 0.1) is 17.0 Å². The Morgan fingerprint density at radius 1 is 1.29 bits per heavy atom. The molecular weight excluding hydrogens is 286 g/mol. The summed E-state index contributed by atoms with van der Waals surface area (Å²) in [5.41, 5.74) is 1.61. The molecule has 0 radical (unpaired) electrons. The number of rotatable bonds is 1. The second-order valence-corrected chi connectivity index (χ2v) is 5.88. The zero-order valence-corrected chi connectivity index (χ0v) is 12.9. The summed E-state index contributed by atoms with van der Waals surface area (Å²) in [5.74, 6) is 0.531. The molecule has 3 rings (SSSR count). The van der Waals surface area contributed by atoms with E-state index >= 15 is 0 Å². The van der Waals surface area contributed by atoms with Crippen LogP contribution in [0.1, 0.15) is 29.9 Å². The van der Waals surface area contributed by atoms with Gasteiger partial charge < -0.3 is 10.2 Å². The number of hydrogen-bond donors (Lipinski definition) is 1. The maximum atomic E-state index is 12.6. The number of likely N-dealkylation sites (tertiary alicyclic amines) is 1. The number of piperidine rings is 1. The average molecular weight is 306 g/mol. The van der Waals surface area contributed by atoms with E-state index in [4.69, 9.17) is 5.26 Å². The largest absolute Gasteiger partial charge is 0.345 e. The molecule has 2 aliphatic rings. The SMILES string of the molecule is CN1CC(c2ccc(C#N)cc2)C2(CCNCC2)C1=O.Cl. The van der Waals surface area contributed by atoms with Crippen molar-refractivity contribution in [1.29, 1.82) is 5.26 Å². The van der Waals surface area contributed by atoms with E-state index in [1.165, 1.54) is 5.56 Å². The zero-order valence-electron chi connectivity index (χ0n) is 12.1. The van der Waals surface area contributed by atoms with Crippen LogP contribution in [-0.4, -0.2) is 37.5 Å². The first-order chi connectivity index (χ1) is 9.67. The molecule has 2 saturated heterocycles. The summed E-state index contributed by atoms with van der Waals surface area (Å²) in [6, 6.07) is 9.88. The van der Waals surface area contributed by atoms with Crippen LogP contribution in [0.5, 0.6) is 0 Å². The number of nitriles is 1. The van der Waals surface area contributed by atoms with Crippen molar-refractivity contribution in [2.75, 3.05) is 26.7 Å². The van der Waals surface area contributed by atoms with Crippen molar-refractivity contribution < 1.29 is 4.79 Å². The Hall–Kier alpha value is -1.57. The monoisotopic (exact) mass is 305 g/mol. The van der Waals surface area contributed by atoms with Crippen LogP contribution < -0.4 is 5.32 Å². The predicted molar refractivity (Wildman–Crippen MR) is 83.3 cm³/mol. The Bertz CT molecular complexity index is 558. The topological polar surface area (TPSA) is 56.1 Å². The van der Waals surface area contributed by atoms with Gasteiger partial charge >= 0.3 is 0 Å². The van der Waals surface area contributed by atoms with E-state index < -0.39 is 0 Å². The van der Waals surface area contributed by atoms with Crippen molar-refractivity contribution in [2.45, 2.75) is 18.8 Å². The Kier molecular flexibility index (Phi) is 4.55. The van der Waals surface area contributed by atoms with Crippen LogP contribution >= 0.6 is 12.4 Å². The van der Waals surface area contributed by atoms with Crippen LogP contribution in [0.3, 0.4) is 0 Å². The van der Waals surface area contributed by atoms with Crippen LogP contribution in [-0.2, 0) is 4.79 Å². The molecule has 2 aliphatic heterocycles. The highest BCUT2D eigenvalue weighted by molar-refractivity contribution is 5.86. The van der Waals surface area contributed by atoms with Gasteiger partial charge in [-0.1, -0.05) is 12.1 Å². The van der Waals surface area contributed by atoms with Gasteiger partial charge in [0.2, 0.25) is 5.91 Å². The highest BCUT2D eigenvalue weighted by Gasteiger charge is 2.53. The second-order valence-electron chi connectivity index (χ2n) is 5.88. The molecule has 21 heavy (non-hydrogen) atoms. The lowest BCUT2D eigenvalue weighted by Crippen LogP contribution is -2.44. The Morgan fingerprint density at radius 3 is 2.48 bits per heavy atom. The Labute approximate surface area is 131 Å². The van der Waals surface area contributed by atoms with Crippen molar-refractivity contribution in [3.8, 4) is 6.07 Å². The Balaban J connectivity index is 0.00000161. The number of halogens is 1. The fraction of sp³-hybridized carbons (Fsp3) is 0.500. The first-order valence-electron chi connectivity index (χ1n) is 7.14. The number of nitrogens with zero attached hydrogens (tertiary/aromatic N) is 2. The van der Waals surface area contributed by atoms with E-state index in [-0.39, 0.29) is 29.6 Å². The third-order valence-electron chi connectivity index (χ3n) is 4.83. The fourth-order valence-corrected chi connectivity index (χ4v) is 3.71. The molecule has 1 aromatic carbocycles. The molecule has 1 spiro atoms. The minimum absolute atomic E-state index is 0. The van der Waals surface area contributed by atoms with Gasteiger partial charge in [-0.05, 0) is 43.6 Å². The predicted octanol–water partition coefficient (Wildman–Crippen LogP) is 1.91. The Morgan fingerprint density at radius 2 is 1.90 bits per heavy atom. The van der Waals surface area contributed by atoms with Crippen molar-refractivity contribution in [3.63, 3.8) is 0 Å². The number of hydrogen-bond acceptors (Lipinski definition) is 3. The average Bonchev–Trinajstić information content (AvgIpc) is 2.74. The number of amides is 1. The van der Waals surface area contributed by atoms with E-state index in [1.54, 1.807) is 0 Å². The minimum atomic E-state index is -0.242. The number of nitrogens with one attached hydrogen (secondary N) is 1. The third-order valence-corrected chi connectivity index (χ3v) is 4.83. The quantitative estimate of drug-likeness (QED) is 0.862. The van der Waals surface area contributed by atoms with Crippen molar-refractivity contribution in [1.82, 2.24) is 10.2 Å². The van der Waals surface area contributed by atoms with Crippen molar-refractivity contribution in [3.05, 3.63) is 35.4 Å². The van der Waals surface area contributed by atoms with Gasteiger partial charge in [0, 0.05) is 19.5 Å². The molecule has 1 N–H and O–H groups in total. The lowest BCUT2D eigenvalue weighted by Gasteiger charge is -2.36. The molecule has 0 saturated carbocycles. The van der Waals surface area contributed by atoms with E-state index in [0.717, 1.165) is 32.5 Å². The van der Waals surface area contributed by atoms with Crippen molar-refractivity contribution >= 4 is 18.3 Å². The van der Waals surface area contributed by atoms with E-state index in [2.05, 4.69) is 11.4 Å². The lowest BCUT2D eigenvalue weighted by molar-refractivity contribution is -0.136. The summed E-state index contributed by atoms with van der Waals surface area (Å²) < 4.78 is 0. The molecule has 1 aromatic rings. The molecule has 1 unspecified atom stereocenters. The lowest BCUT2D eigenvalue weighted by atomic mass is 9.68. The highest BCUT2D eigenvalue weighted by Crippen LogP contribution is 2.49. The summed E-state index contributed by atoms with van der Waals surface area (Å²) in [7, 11) is 1.90. The van der Waals surface area contributed by atoms with Gasteiger partial charge in [-0.15, -0.1) is 12.4 Å². The van der Waals surface area contributed by atoms with Crippen LogP contribution in [0.15, 0.2) is 24.3 Å². The number of benzene rings is 1. The van der Waals surface area contributed by atoms with Gasteiger partial charge in [0.15, 0.2) is 0 Å². The van der Waals surface area contributed by atoms with Gasteiger partial charge in [0.25, 0.3) is 0 Å². The first kappa shape index (κ1) is 15.8. The van der Waals surface area contributed by atoms with E-state index in [1.807, 2.05) is 36.2 Å².